The van der Waals surface area contributed by atoms with Gasteiger partial charge < -0.3 is 5.73 Å². The highest BCUT2D eigenvalue weighted by Crippen LogP contribution is 2.25. The normalized spacial score (nSPS) is 13.2. The van der Waals surface area contributed by atoms with Crippen LogP contribution in [0, 0.1) is 11.6 Å². The van der Waals surface area contributed by atoms with Crippen molar-refractivity contribution in [1.29, 1.82) is 0 Å². The first-order chi connectivity index (χ1) is 9.77. The van der Waals surface area contributed by atoms with Gasteiger partial charge in [-0.2, -0.15) is 0 Å². The molecule has 21 heavy (non-hydrogen) atoms. The molecule has 0 fully saturated rings. The lowest BCUT2D eigenvalue weighted by atomic mass is 9.86. The molecule has 2 aromatic rings. The maximum absolute atomic E-state index is 13.7. The fourth-order valence-electron chi connectivity index (χ4n) is 2.27. The minimum Gasteiger partial charge on any atom is -0.324 e. The van der Waals surface area contributed by atoms with Gasteiger partial charge in [0.15, 0.2) is 0 Å². The summed E-state index contributed by atoms with van der Waals surface area (Å²) in [4.78, 5) is 0. The van der Waals surface area contributed by atoms with Crippen molar-refractivity contribution in [2.75, 3.05) is 0 Å². The summed E-state index contributed by atoms with van der Waals surface area (Å²) in [5.41, 5.74) is 8.83. The Kier molecular flexibility index (Phi) is 4.43. The standard InChI is InChI=1S/C18H21F2N/c1-18(2,3)14-7-4-12(5-8-14)17(21)10-13-6-9-15(19)11-16(13)20/h4-9,11,17H,10,21H2,1-3H3. The minimum absolute atomic E-state index is 0.0890. The summed E-state index contributed by atoms with van der Waals surface area (Å²) in [6.07, 6.45) is 0.348. The Morgan fingerprint density at radius 1 is 1.00 bits per heavy atom. The Hall–Kier alpha value is -1.74. The van der Waals surface area contributed by atoms with E-state index in [0.29, 0.717) is 12.0 Å². The minimum atomic E-state index is -0.570. The van der Waals surface area contributed by atoms with Crippen LogP contribution < -0.4 is 5.73 Å². The van der Waals surface area contributed by atoms with Gasteiger partial charge in [0, 0.05) is 12.1 Å². The molecule has 0 aromatic heterocycles. The van der Waals surface area contributed by atoms with Gasteiger partial charge in [0.05, 0.1) is 0 Å². The average Bonchev–Trinajstić information content (AvgIpc) is 2.41. The average molecular weight is 289 g/mol. The highest BCUT2D eigenvalue weighted by Gasteiger charge is 2.15. The summed E-state index contributed by atoms with van der Waals surface area (Å²) < 4.78 is 26.5. The largest absolute Gasteiger partial charge is 0.324 e. The molecule has 2 rings (SSSR count). The lowest BCUT2D eigenvalue weighted by Crippen LogP contribution is -2.15. The predicted molar refractivity (Wildman–Crippen MR) is 82.1 cm³/mol. The molecular weight excluding hydrogens is 268 g/mol. The molecule has 0 heterocycles. The number of nitrogens with two attached hydrogens (primary N) is 1. The number of hydrogen-bond acceptors (Lipinski definition) is 1. The SMILES string of the molecule is CC(C)(C)c1ccc(C(N)Cc2ccc(F)cc2F)cc1. The van der Waals surface area contributed by atoms with Gasteiger partial charge in [-0.3, -0.25) is 0 Å². The monoisotopic (exact) mass is 289 g/mol. The number of halogens is 2. The van der Waals surface area contributed by atoms with Crippen molar-refractivity contribution in [1.82, 2.24) is 0 Å². The predicted octanol–water partition coefficient (Wildman–Crippen LogP) is 4.50. The van der Waals surface area contributed by atoms with Crippen LogP contribution in [0.3, 0.4) is 0 Å². The van der Waals surface area contributed by atoms with Crippen molar-refractivity contribution in [3.05, 3.63) is 70.8 Å². The van der Waals surface area contributed by atoms with Crippen molar-refractivity contribution in [2.24, 2.45) is 5.73 Å². The van der Waals surface area contributed by atoms with E-state index in [2.05, 4.69) is 32.9 Å². The molecule has 0 aliphatic heterocycles. The van der Waals surface area contributed by atoms with Crippen molar-refractivity contribution < 1.29 is 8.78 Å². The van der Waals surface area contributed by atoms with Crippen molar-refractivity contribution >= 4 is 0 Å². The second-order valence-electron chi connectivity index (χ2n) is 6.42. The maximum atomic E-state index is 13.7. The van der Waals surface area contributed by atoms with Crippen LogP contribution in [-0.2, 0) is 11.8 Å². The smallest absolute Gasteiger partial charge is 0.129 e. The third-order valence-electron chi connectivity index (χ3n) is 3.66. The van der Waals surface area contributed by atoms with Crippen LogP contribution in [0.5, 0.6) is 0 Å². The van der Waals surface area contributed by atoms with E-state index in [9.17, 15) is 8.78 Å². The molecular formula is C18H21F2N. The maximum Gasteiger partial charge on any atom is 0.129 e. The van der Waals surface area contributed by atoms with E-state index in [4.69, 9.17) is 5.73 Å². The Balaban J connectivity index is 2.15. The Morgan fingerprint density at radius 3 is 2.14 bits per heavy atom. The molecule has 0 bridgehead atoms. The molecule has 0 aliphatic rings. The zero-order valence-electron chi connectivity index (χ0n) is 12.7. The third kappa shape index (κ3) is 3.88. The van der Waals surface area contributed by atoms with E-state index in [1.165, 1.54) is 17.7 Å². The van der Waals surface area contributed by atoms with E-state index in [-0.39, 0.29) is 11.5 Å². The summed E-state index contributed by atoms with van der Waals surface area (Å²) in [6, 6.07) is 11.4. The van der Waals surface area contributed by atoms with Crippen molar-refractivity contribution in [3.63, 3.8) is 0 Å². The number of benzene rings is 2. The second kappa shape index (κ2) is 5.94. The quantitative estimate of drug-likeness (QED) is 0.884. The highest BCUT2D eigenvalue weighted by atomic mass is 19.1. The summed E-state index contributed by atoms with van der Waals surface area (Å²) in [5, 5.41) is 0. The van der Waals surface area contributed by atoms with E-state index < -0.39 is 11.6 Å². The number of hydrogen-bond donors (Lipinski definition) is 1. The summed E-state index contributed by atoms with van der Waals surface area (Å²) in [5.74, 6) is -1.11. The molecule has 1 atom stereocenters. The second-order valence-corrected chi connectivity index (χ2v) is 6.42. The van der Waals surface area contributed by atoms with Gasteiger partial charge in [-0.1, -0.05) is 51.1 Å². The van der Waals surface area contributed by atoms with E-state index in [0.717, 1.165) is 11.6 Å². The molecule has 112 valence electrons. The zero-order chi connectivity index (χ0) is 15.6. The van der Waals surface area contributed by atoms with Crippen molar-refractivity contribution in [3.8, 4) is 0 Å². The van der Waals surface area contributed by atoms with Crippen LogP contribution in [0.1, 0.15) is 43.5 Å². The Bertz CT molecular complexity index is 612. The molecule has 0 amide bonds. The van der Waals surface area contributed by atoms with Crippen molar-refractivity contribution in [2.45, 2.75) is 38.6 Å². The van der Waals surface area contributed by atoms with Crippen LogP contribution in [0.2, 0.25) is 0 Å². The van der Waals surface area contributed by atoms with Gasteiger partial charge in [-0.15, -0.1) is 0 Å². The Labute approximate surface area is 124 Å². The highest BCUT2D eigenvalue weighted by molar-refractivity contribution is 5.30. The van der Waals surface area contributed by atoms with Crippen LogP contribution in [-0.4, -0.2) is 0 Å². The molecule has 0 saturated carbocycles. The molecule has 0 aliphatic carbocycles. The molecule has 0 saturated heterocycles. The summed E-state index contributed by atoms with van der Waals surface area (Å²) in [7, 11) is 0. The van der Waals surface area contributed by atoms with Gasteiger partial charge in [0.25, 0.3) is 0 Å². The fraction of sp³-hybridized carbons (Fsp3) is 0.333. The van der Waals surface area contributed by atoms with Gasteiger partial charge in [-0.25, -0.2) is 8.78 Å². The molecule has 0 spiro atoms. The van der Waals surface area contributed by atoms with Crippen LogP contribution in [0.25, 0.3) is 0 Å². The van der Waals surface area contributed by atoms with Crippen LogP contribution in [0.4, 0.5) is 8.78 Å². The lowest BCUT2D eigenvalue weighted by molar-refractivity contribution is 0.562. The first kappa shape index (κ1) is 15.6. The van der Waals surface area contributed by atoms with Gasteiger partial charge >= 0.3 is 0 Å². The van der Waals surface area contributed by atoms with E-state index in [1.807, 2.05) is 12.1 Å². The molecule has 3 heteroatoms. The number of rotatable bonds is 3. The summed E-state index contributed by atoms with van der Waals surface area (Å²) in [6.45, 7) is 6.45. The molecule has 2 N–H and O–H groups in total. The lowest BCUT2D eigenvalue weighted by Gasteiger charge is -2.20. The van der Waals surface area contributed by atoms with E-state index >= 15 is 0 Å². The first-order valence-corrected chi connectivity index (χ1v) is 7.07. The molecule has 1 unspecified atom stereocenters. The third-order valence-corrected chi connectivity index (χ3v) is 3.66. The Morgan fingerprint density at radius 2 is 1.62 bits per heavy atom. The fourth-order valence-corrected chi connectivity index (χ4v) is 2.27. The van der Waals surface area contributed by atoms with E-state index in [1.54, 1.807) is 0 Å². The molecule has 0 radical (unpaired) electrons. The summed E-state index contributed by atoms with van der Waals surface area (Å²) >= 11 is 0. The zero-order valence-corrected chi connectivity index (χ0v) is 12.7. The van der Waals surface area contributed by atoms with Crippen LogP contribution >= 0.6 is 0 Å². The van der Waals surface area contributed by atoms with Gasteiger partial charge in [0.2, 0.25) is 0 Å². The van der Waals surface area contributed by atoms with Gasteiger partial charge in [-0.05, 0) is 34.6 Å². The molecule has 1 nitrogen and oxygen atoms in total. The van der Waals surface area contributed by atoms with Gasteiger partial charge in [0.1, 0.15) is 11.6 Å². The van der Waals surface area contributed by atoms with Crippen LogP contribution in [0.15, 0.2) is 42.5 Å². The molecule has 2 aromatic carbocycles. The first-order valence-electron chi connectivity index (χ1n) is 7.07. The topological polar surface area (TPSA) is 26.0 Å².